The van der Waals surface area contributed by atoms with Crippen LogP contribution in [0.25, 0.3) is 0 Å². The van der Waals surface area contributed by atoms with E-state index in [0.717, 1.165) is 31.9 Å². The van der Waals surface area contributed by atoms with E-state index in [2.05, 4.69) is 23.6 Å². The Morgan fingerprint density at radius 1 is 1.47 bits per heavy atom. The number of piperazine rings is 1. The minimum Gasteiger partial charge on any atom is -0.478 e. The molecule has 1 fully saturated rings. The standard InChI is InChI=1S/C14H19ClN2O2/c1-3-16-7-8-17(9-10(16)2)12-6-4-5-11(15)13(12)14(18)19/h4-6,10H,3,7-9H2,1-2H3,(H,18,19). The molecule has 1 aliphatic heterocycles. The Morgan fingerprint density at radius 2 is 2.21 bits per heavy atom. The molecule has 0 bridgehead atoms. The van der Waals surface area contributed by atoms with Gasteiger partial charge in [0.15, 0.2) is 0 Å². The summed E-state index contributed by atoms with van der Waals surface area (Å²) in [4.78, 5) is 15.9. The van der Waals surface area contributed by atoms with Crippen molar-refractivity contribution in [3.05, 3.63) is 28.8 Å². The van der Waals surface area contributed by atoms with Gasteiger partial charge in [-0.2, -0.15) is 0 Å². The molecule has 1 atom stereocenters. The second kappa shape index (κ2) is 5.80. The zero-order chi connectivity index (χ0) is 14.0. The van der Waals surface area contributed by atoms with E-state index in [4.69, 9.17) is 11.6 Å². The van der Waals surface area contributed by atoms with Gasteiger partial charge < -0.3 is 10.0 Å². The molecule has 0 amide bonds. The van der Waals surface area contributed by atoms with Crippen LogP contribution in [0, 0.1) is 0 Å². The van der Waals surface area contributed by atoms with Crippen LogP contribution in [0.4, 0.5) is 5.69 Å². The van der Waals surface area contributed by atoms with Gasteiger partial charge in [0, 0.05) is 25.7 Å². The van der Waals surface area contributed by atoms with E-state index < -0.39 is 5.97 Å². The molecule has 0 saturated carbocycles. The van der Waals surface area contributed by atoms with Gasteiger partial charge in [0.25, 0.3) is 0 Å². The summed E-state index contributed by atoms with van der Waals surface area (Å²) in [6.45, 7) is 7.95. The number of rotatable bonds is 3. The van der Waals surface area contributed by atoms with Crippen molar-refractivity contribution in [2.45, 2.75) is 19.9 Å². The van der Waals surface area contributed by atoms with Crippen LogP contribution in [0.5, 0.6) is 0 Å². The SMILES string of the molecule is CCN1CCN(c2cccc(Cl)c2C(=O)O)CC1C. The summed E-state index contributed by atoms with van der Waals surface area (Å²) in [7, 11) is 0. The van der Waals surface area contributed by atoms with Gasteiger partial charge in [-0.1, -0.05) is 24.6 Å². The molecule has 1 aliphatic rings. The lowest BCUT2D eigenvalue weighted by Crippen LogP contribution is -2.52. The van der Waals surface area contributed by atoms with Gasteiger partial charge in [0.2, 0.25) is 0 Å². The second-order valence-corrected chi connectivity index (χ2v) is 5.27. The molecule has 1 heterocycles. The van der Waals surface area contributed by atoms with Crippen LogP contribution in [0.1, 0.15) is 24.2 Å². The summed E-state index contributed by atoms with van der Waals surface area (Å²) in [5.74, 6) is -0.967. The fourth-order valence-corrected chi connectivity index (χ4v) is 2.92. The zero-order valence-corrected chi connectivity index (χ0v) is 12.0. The summed E-state index contributed by atoms with van der Waals surface area (Å²) >= 11 is 6.02. The zero-order valence-electron chi connectivity index (χ0n) is 11.3. The minimum absolute atomic E-state index is 0.210. The summed E-state index contributed by atoms with van der Waals surface area (Å²) in [5, 5.41) is 9.62. The minimum atomic E-state index is -0.967. The Labute approximate surface area is 118 Å². The predicted octanol–water partition coefficient (Wildman–Crippen LogP) is 2.57. The highest BCUT2D eigenvalue weighted by Gasteiger charge is 2.26. The molecule has 1 aromatic carbocycles. The van der Waals surface area contributed by atoms with Crippen LogP contribution in [0.15, 0.2) is 18.2 Å². The number of nitrogens with zero attached hydrogens (tertiary/aromatic N) is 2. The Morgan fingerprint density at radius 3 is 2.79 bits per heavy atom. The van der Waals surface area contributed by atoms with E-state index in [0.29, 0.717) is 11.1 Å². The number of carboxylic acids is 1. The number of aromatic carboxylic acids is 1. The second-order valence-electron chi connectivity index (χ2n) is 4.86. The van der Waals surface area contributed by atoms with Crippen molar-refractivity contribution in [3.63, 3.8) is 0 Å². The average Bonchev–Trinajstić information content (AvgIpc) is 2.37. The first-order chi connectivity index (χ1) is 9.04. The molecule has 1 unspecified atom stereocenters. The van der Waals surface area contributed by atoms with Gasteiger partial charge >= 0.3 is 5.97 Å². The maximum atomic E-state index is 11.4. The van der Waals surface area contributed by atoms with Crippen molar-refractivity contribution in [1.29, 1.82) is 0 Å². The number of carboxylic acid groups (broad SMARTS) is 1. The monoisotopic (exact) mass is 282 g/mol. The molecule has 5 heteroatoms. The lowest BCUT2D eigenvalue weighted by molar-refractivity contribution is 0.0697. The molecular weight excluding hydrogens is 264 g/mol. The third-order valence-corrected chi connectivity index (χ3v) is 4.03. The van der Waals surface area contributed by atoms with E-state index in [-0.39, 0.29) is 5.56 Å². The number of halogens is 1. The third-order valence-electron chi connectivity index (χ3n) is 3.72. The third kappa shape index (κ3) is 2.85. The van der Waals surface area contributed by atoms with Gasteiger partial charge in [-0.3, -0.25) is 4.90 Å². The fraction of sp³-hybridized carbons (Fsp3) is 0.500. The number of carbonyl (C=O) groups is 1. The number of hydrogen-bond donors (Lipinski definition) is 1. The smallest absolute Gasteiger partial charge is 0.339 e. The number of hydrogen-bond acceptors (Lipinski definition) is 3. The Kier molecular flexibility index (Phi) is 4.32. The summed E-state index contributed by atoms with van der Waals surface area (Å²) in [5.41, 5.74) is 0.934. The van der Waals surface area contributed by atoms with Gasteiger partial charge in [-0.25, -0.2) is 4.79 Å². The summed E-state index contributed by atoms with van der Waals surface area (Å²) in [6, 6.07) is 5.68. The topological polar surface area (TPSA) is 43.8 Å². The van der Waals surface area contributed by atoms with Gasteiger partial charge in [0.05, 0.1) is 10.7 Å². The molecule has 1 aromatic rings. The molecule has 2 rings (SSSR count). The molecule has 1 saturated heterocycles. The molecule has 104 valence electrons. The molecule has 0 aliphatic carbocycles. The van der Waals surface area contributed by atoms with Gasteiger partial charge in [-0.15, -0.1) is 0 Å². The lowest BCUT2D eigenvalue weighted by Gasteiger charge is -2.41. The van der Waals surface area contributed by atoms with E-state index in [9.17, 15) is 9.90 Å². The molecule has 1 N–H and O–H groups in total. The largest absolute Gasteiger partial charge is 0.478 e. The van der Waals surface area contributed by atoms with Gasteiger partial charge in [-0.05, 0) is 25.6 Å². The normalized spacial score (nSPS) is 20.6. The molecule has 0 aromatic heterocycles. The van der Waals surface area contributed by atoms with Crippen LogP contribution in [-0.4, -0.2) is 48.2 Å². The van der Waals surface area contributed by atoms with Crippen molar-refractivity contribution < 1.29 is 9.90 Å². The van der Waals surface area contributed by atoms with Crippen molar-refractivity contribution >= 4 is 23.3 Å². The van der Waals surface area contributed by atoms with E-state index in [1.54, 1.807) is 12.1 Å². The quantitative estimate of drug-likeness (QED) is 0.925. The number of likely N-dealkylation sites (N-methyl/N-ethyl adjacent to an activating group) is 1. The maximum Gasteiger partial charge on any atom is 0.339 e. The van der Waals surface area contributed by atoms with Crippen LogP contribution in [-0.2, 0) is 0 Å². The molecular formula is C14H19ClN2O2. The average molecular weight is 283 g/mol. The van der Waals surface area contributed by atoms with Gasteiger partial charge in [0.1, 0.15) is 5.56 Å². The Balaban J connectivity index is 2.28. The molecule has 0 spiro atoms. The predicted molar refractivity (Wildman–Crippen MR) is 77.3 cm³/mol. The number of benzene rings is 1. The molecule has 0 radical (unpaired) electrons. The van der Waals surface area contributed by atoms with Crippen molar-refractivity contribution in [2.24, 2.45) is 0 Å². The van der Waals surface area contributed by atoms with Crippen LogP contribution in [0.3, 0.4) is 0 Å². The van der Waals surface area contributed by atoms with E-state index in [1.807, 2.05) is 6.07 Å². The van der Waals surface area contributed by atoms with Crippen molar-refractivity contribution in [2.75, 3.05) is 31.1 Å². The Bertz CT molecular complexity index is 479. The molecule has 19 heavy (non-hydrogen) atoms. The maximum absolute atomic E-state index is 11.4. The molecule has 4 nitrogen and oxygen atoms in total. The lowest BCUT2D eigenvalue weighted by atomic mass is 10.1. The number of anilines is 1. The van der Waals surface area contributed by atoms with Crippen molar-refractivity contribution in [3.8, 4) is 0 Å². The summed E-state index contributed by atoms with van der Waals surface area (Å²) < 4.78 is 0. The highest BCUT2D eigenvalue weighted by Crippen LogP contribution is 2.29. The highest BCUT2D eigenvalue weighted by atomic mass is 35.5. The first-order valence-electron chi connectivity index (χ1n) is 6.55. The fourth-order valence-electron chi connectivity index (χ4n) is 2.67. The highest BCUT2D eigenvalue weighted by molar-refractivity contribution is 6.34. The van der Waals surface area contributed by atoms with Crippen molar-refractivity contribution in [1.82, 2.24) is 4.90 Å². The first-order valence-corrected chi connectivity index (χ1v) is 6.93. The first kappa shape index (κ1) is 14.2. The van der Waals surface area contributed by atoms with Crippen LogP contribution in [0.2, 0.25) is 5.02 Å². The van der Waals surface area contributed by atoms with E-state index in [1.165, 1.54) is 0 Å². The van der Waals surface area contributed by atoms with Crippen LogP contribution < -0.4 is 4.90 Å². The Hall–Kier alpha value is -1.26. The van der Waals surface area contributed by atoms with Crippen LogP contribution >= 0.6 is 11.6 Å². The summed E-state index contributed by atoms with van der Waals surface area (Å²) in [6.07, 6.45) is 0. The van der Waals surface area contributed by atoms with E-state index >= 15 is 0 Å².